The fourth-order valence-corrected chi connectivity index (χ4v) is 1.76. The summed E-state index contributed by atoms with van der Waals surface area (Å²) in [6, 6.07) is 7.64. The molecule has 0 saturated heterocycles. The molecule has 2 N–H and O–H groups in total. The van der Waals surface area contributed by atoms with E-state index in [1.165, 1.54) is 7.11 Å². The topological polar surface area (TPSA) is 65.5 Å². The van der Waals surface area contributed by atoms with E-state index in [4.69, 9.17) is 10.2 Å². The zero-order valence-corrected chi connectivity index (χ0v) is 9.73. The van der Waals surface area contributed by atoms with Crippen LogP contribution in [0.15, 0.2) is 28.7 Å². The van der Waals surface area contributed by atoms with Gasteiger partial charge in [-0.05, 0) is 30.3 Å². The Morgan fingerprint density at radius 1 is 1.41 bits per heavy atom. The van der Waals surface area contributed by atoms with Crippen molar-refractivity contribution < 1.29 is 13.9 Å². The molecule has 2 rings (SSSR count). The molecule has 0 atom stereocenters. The van der Waals surface area contributed by atoms with Crippen molar-refractivity contribution in [1.82, 2.24) is 0 Å². The van der Waals surface area contributed by atoms with Crippen LogP contribution in [0.2, 0.25) is 0 Å². The zero-order valence-electron chi connectivity index (χ0n) is 9.73. The average Bonchev–Trinajstić information content (AvgIpc) is 2.71. The Labute approximate surface area is 99.3 Å². The van der Waals surface area contributed by atoms with Crippen LogP contribution in [0.3, 0.4) is 0 Å². The molecule has 0 amide bonds. The van der Waals surface area contributed by atoms with Gasteiger partial charge in [0.1, 0.15) is 11.3 Å². The second-order valence-electron chi connectivity index (χ2n) is 3.88. The molecule has 4 nitrogen and oxygen atoms in total. The number of methoxy groups -OCH3 is 1. The fourth-order valence-electron chi connectivity index (χ4n) is 1.76. The lowest BCUT2D eigenvalue weighted by Gasteiger charge is -1.99. The van der Waals surface area contributed by atoms with E-state index in [0.29, 0.717) is 6.54 Å². The van der Waals surface area contributed by atoms with E-state index in [-0.39, 0.29) is 12.4 Å². The molecule has 0 bridgehead atoms. The molecule has 1 aromatic heterocycles. The number of carbonyl (C=O) groups is 1. The lowest BCUT2D eigenvalue weighted by molar-refractivity contribution is -0.139. The maximum Gasteiger partial charge on any atom is 0.309 e. The molecule has 0 spiro atoms. The summed E-state index contributed by atoms with van der Waals surface area (Å²) < 4.78 is 10.2. The molecule has 90 valence electrons. The molecule has 4 heteroatoms. The Morgan fingerprint density at radius 3 is 2.94 bits per heavy atom. The van der Waals surface area contributed by atoms with Gasteiger partial charge in [0.05, 0.1) is 13.5 Å². The Bertz CT molecular complexity index is 530. The molecular formula is C13H15NO3. The molecular weight excluding hydrogens is 218 g/mol. The summed E-state index contributed by atoms with van der Waals surface area (Å²) in [7, 11) is 1.39. The minimum atomic E-state index is -0.241. The summed E-state index contributed by atoms with van der Waals surface area (Å²) >= 11 is 0. The predicted molar refractivity (Wildman–Crippen MR) is 64.7 cm³/mol. The van der Waals surface area contributed by atoms with Crippen molar-refractivity contribution in [3.63, 3.8) is 0 Å². The number of carbonyl (C=O) groups excluding carboxylic acids is 1. The van der Waals surface area contributed by atoms with Gasteiger partial charge in [0.2, 0.25) is 0 Å². The van der Waals surface area contributed by atoms with E-state index in [1.54, 1.807) is 0 Å². The number of benzene rings is 1. The number of rotatable bonds is 4. The maximum atomic E-state index is 11.2. The lowest BCUT2D eigenvalue weighted by atomic mass is 10.1. The van der Waals surface area contributed by atoms with Crippen molar-refractivity contribution in [2.24, 2.45) is 5.73 Å². The van der Waals surface area contributed by atoms with Crippen molar-refractivity contribution in [1.29, 1.82) is 0 Å². The monoisotopic (exact) mass is 233 g/mol. The van der Waals surface area contributed by atoms with Gasteiger partial charge in [-0.25, -0.2) is 0 Å². The summed E-state index contributed by atoms with van der Waals surface area (Å²) in [5.74, 6) is 0.632. The van der Waals surface area contributed by atoms with Gasteiger partial charge in [-0.3, -0.25) is 4.79 Å². The smallest absolute Gasteiger partial charge is 0.309 e. The molecule has 1 aromatic carbocycles. The molecule has 0 aliphatic carbocycles. The summed E-state index contributed by atoms with van der Waals surface area (Å²) in [5, 5.41) is 0.995. The van der Waals surface area contributed by atoms with Crippen LogP contribution in [0.1, 0.15) is 11.3 Å². The highest BCUT2D eigenvalue weighted by Crippen LogP contribution is 2.21. The molecule has 0 radical (unpaired) electrons. The number of hydrogen-bond acceptors (Lipinski definition) is 4. The molecule has 0 unspecified atom stereocenters. The van der Waals surface area contributed by atoms with Gasteiger partial charge in [0, 0.05) is 11.8 Å². The van der Waals surface area contributed by atoms with E-state index in [0.717, 1.165) is 28.7 Å². The standard InChI is InChI=1S/C13H15NO3/c1-16-13(15)7-9-2-3-12-10(6-9)8-11(17-12)4-5-14/h2-3,6,8H,4-5,7,14H2,1H3. The second-order valence-corrected chi connectivity index (χ2v) is 3.88. The van der Waals surface area contributed by atoms with Crippen LogP contribution in [0.25, 0.3) is 11.0 Å². The maximum absolute atomic E-state index is 11.2. The van der Waals surface area contributed by atoms with Crippen molar-refractivity contribution in [3.8, 4) is 0 Å². The van der Waals surface area contributed by atoms with Crippen LogP contribution in [0.4, 0.5) is 0 Å². The molecule has 0 fully saturated rings. The number of esters is 1. The van der Waals surface area contributed by atoms with Crippen molar-refractivity contribution >= 4 is 16.9 Å². The van der Waals surface area contributed by atoms with E-state index < -0.39 is 0 Å². The number of hydrogen-bond donors (Lipinski definition) is 1. The largest absolute Gasteiger partial charge is 0.469 e. The second kappa shape index (κ2) is 5.01. The SMILES string of the molecule is COC(=O)Cc1ccc2oc(CCN)cc2c1. The van der Waals surface area contributed by atoms with E-state index in [9.17, 15) is 4.79 Å². The van der Waals surface area contributed by atoms with Crippen molar-refractivity contribution in [2.75, 3.05) is 13.7 Å². The summed E-state index contributed by atoms with van der Waals surface area (Å²) in [6.45, 7) is 0.564. The first-order valence-electron chi connectivity index (χ1n) is 5.51. The van der Waals surface area contributed by atoms with Gasteiger partial charge in [-0.1, -0.05) is 6.07 Å². The molecule has 0 saturated carbocycles. The van der Waals surface area contributed by atoms with Crippen LogP contribution in [-0.4, -0.2) is 19.6 Å². The van der Waals surface area contributed by atoms with E-state index in [1.807, 2.05) is 24.3 Å². The van der Waals surface area contributed by atoms with Crippen LogP contribution >= 0.6 is 0 Å². The normalized spacial score (nSPS) is 10.7. The zero-order chi connectivity index (χ0) is 12.3. The first kappa shape index (κ1) is 11.7. The van der Waals surface area contributed by atoms with Crippen LogP contribution in [-0.2, 0) is 22.4 Å². The van der Waals surface area contributed by atoms with Crippen LogP contribution < -0.4 is 5.73 Å². The highest BCUT2D eigenvalue weighted by molar-refractivity contribution is 5.81. The number of ether oxygens (including phenoxy) is 1. The van der Waals surface area contributed by atoms with Crippen molar-refractivity contribution in [3.05, 3.63) is 35.6 Å². The van der Waals surface area contributed by atoms with E-state index >= 15 is 0 Å². The Kier molecular flexibility index (Phi) is 3.44. The number of nitrogens with two attached hydrogens (primary N) is 1. The minimum absolute atomic E-state index is 0.241. The van der Waals surface area contributed by atoms with Crippen LogP contribution in [0.5, 0.6) is 0 Å². The van der Waals surface area contributed by atoms with Gasteiger partial charge in [-0.15, -0.1) is 0 Å². The Hall–Kier alpha value is -1.81. The third kappa shape index (κ3) is 2.65. The predicted octanol–water partition coefficient (Wildman–Crippen LogP) is 1.65. The first-order valence-corrected chi connectivity index (χ1v) is 5.51. The molecule has 17 heavy (non-hydrogen) atoms. The Morgan fingerprint density at radius 2 is 2.24 bits per heavy atom. The Balaban J connectivity index is 2.26. The molecule has 0 aliphatic rings. The molecule has 2 aromatic rings. The van der Waals surface area contributed by atoms with Gasteiger partial charge < -0.3 is 14.9 Å². The van der Waals surface area contributed by atoms with E-state index in [2.05, 4.69) is 4.74 Å². The molecule has 1 heterocycles. The van der Waals surface area contributed by atoms with Gasteiger partial charge >= 0.3 is 5.97 Å². The summed E-state index contributed by atoms with van der Waals surface area (Å²) in [5.41, 5.74) is 7.22. The summed E-state index contributed by atoms with van der Waals surface area (Å²) in [6.07, 6.45) is 1.00. The average molecular weight is 233 g/mol. The minimum Gasteiger partial charge on any atom is -0.469 e. The quantitative estimate of drug-likeness (QED) is 0.815. The van der Waals surface area contributed by atoms with Crippen molar-refractivity contribution in [2.45, 2.75) is 12.8 Å². The number of fused-ring (bicyclic) bond motifs is 1. The van der Waals surface area contributed by atoms with Gasteiger partial charge in [0.25, 0.3) is 0 Å². The molecule has 0 aliphatic heterocycles. The lowest BCUT2D eigenvalue weighted by Crippen LogP contribution is -2.03. The third-order valence-corrected chi connectivity index (χ3v) is 2.60. The first-order chi connectivity index (χ1) is 8.22. The summed E-state index contributed by atoms with van der Waals surface area (Å²) in [4.78, 5) is 11.2. The number of furan rings is 1. The van der Waals surface area contributed by atoms with Gasteiger partial charge in [0.15, 0.2) is 0 Å². The third-order valence-electron chi connectivity index (χ3n) is 2.60. The van der Waals surface area contributed by atoms with Gasteiger partial charge in [-0.2, -0.15) is 0 Å². The fraction of sp³-hybridized carbons (Fsp3) is 0.308. The highest BCUT2D eigenvalue weighted by Gasteiger charge is 2.07. The van der Waals surface area contributed by atoms with Crippen LogP contribution in [0, 0.1) is 0 Å². The highest BCUT2D eigenvalue weighted by atomic mass is 16.5.